The van der Waals surface area contributed by atoms with E-state index in [1.165, 1.54) is 0 Å². The average molecular weight is 436 g/mol. The van der Waals surface area contributed by atoms with Gasteiger partial charge in [0.1, 0.15) is 18.5 Å². The minimum absolute atomic E-state index is 0.0129. The monoisotopic (exact) mass is 436 g/mol. The Bertz CT molecular complexity index is 509. The molecular weight excluding hydrogens is 396 g/mol. The fraction of sp³-hybridized carbons (Fsp3) is 1.00. The van der Waals surface area contributed by atoms with Crippen LogP contribution in [0.15, 0.2) is 0 Å². The Kier molecular flexibility index (Phi) is 9.09. The summed E-state index contributed by atoms with van der Waals surface area (Å²) in [5, 5.41) is 4.69. The van der Waals surface area contributed by atoms with Gasteiger partial charge in [0.05, 0.1) is 18.8 Å². The van der Waals surface area contributed by atoms with Gasteiger partial charge in [-0.05, 0) is 12.8 Å². The summed E-state index contributed by atoms with van der Waals surface area (Å²) < 4.78 is 38.4. The van der Waals surface area contributed by atoms with Crippen molar-refractivity contribution >= 4 is 31.5 Å². The van der Waals surface area contributed by atoms with E-state index in [0.29, 0.717) is 5.92 Å². The van der Waals surface area contributed by atoms with Gasteiger partial charge in [0.15, 0.2) is 6.29 Å². The van der Waals surface area contributed by atoms with E-state index in [0.717, 1.165) is 0 Å². The largest absolute Gasteiger partial charge is 0.426 e. The van der Waals surface area contributed by atoms with Crippen LogP contribution in [0.4, 0.5) is 0 Å². The van der Waals surface area contributed by atoms with Crippen molar-refractivity contribution in [3.63, 3.8) is 0 Å². The van der Waals surface area contributed by atoms with Crippen LogP contribution in [-0.4, -0.2) is 63.4 Å². The van der Waals surface area contributed by atoms with Crippen molar-refractivity contribution in [3.8, 4) is 0 Å². The van der Waals surface area contributed by atoms with Crippen LogP contribution in [-0.2, 0) is 23.5 Å². The molecule has 0 aromatic heterocycles. The highest BCUT2D eigenvalue weighted by Gasteiger charge is 2.48. The van der Waals surface area contributed by atoms with E-state index in [-0.39, 0.29) is 56.1 Å². The van der Waals surface area contributed by atoms with Crippen LogP contribution in [0.1, 0.15) is 34.6 Å². The Morgan fingerprint density at radius 2 is 1.46 bits per heavy atom. The normalized spacial score (nSPS) is 44.8. The fourth-order valence-corrected chi connectivity index (χ4v) is 4.37. The first-order valence-electron chi connectivity index (χ1n) is 10.8. The van der Waals surface area contributed by atoms with Gasteiger partial charge in [-0.3, -0.25) is 0 Å². The second-order valence-corrected chi connectivity index (χ2v) is 10.5. The highest BCUT2D eigenvalue weighted by molar-refractivity contribution is 7.60. The summed E-state index contributed by atoms with van der Waals surface area (Å²) in [6.07, 6.45) is -1.83. The minimum atomic E-state index is -0.455. The van der Waals surface area contributed by atoms with Gasteiger partial charge in [0.25, 0.3) is 0 Å². The molecule has 2 aliphatic heterocycles. The van der Waals surface area contributed by atoms with Crippen molar-refractivity contribution in [3.05, 3.63) is 0 Å². The predicted molar refractivity (Wildman–Crippen MR) is 120 cm³/mol. The van der Waals surface area contributed by atoms with Crippen molar-refractivity contribution in [1.29, 1.82) is 1.43 Å². The summed E-state index contributed by atoms with van der Waals surface area (Å²) in [5.41, 5.74) is 0. The Morgan fingerprint density at radius 3 is 2.04 bits per heavy atom. The minimum Gasteiger partial charge on any atom is -0.426 e. The quantitative estimate of drug-likeness (QED) is 0.467. The molecule has 12 atom stereocenters. The van der Waals surface area contributed by atoms with E-state index >= 15 is 0 Å². The molecule has 0 amide bonds. The van der Waals surface area contributed by atoms with Gasteiger partial charge in [-0.2, -0.15) is 0 Å². The Balaban J connectivity index is 2.24. The number of ether oxygens (including phenoxy) is 3. The van der Waals surface area contributed by atoms with E-state index in [4.69, 9.17) is 30.1 Å². The highest BCUT2D eigenvalue weighted by Crippen LogP contribution is 2.39. The molecule has 0 aromatic carbocycles. The molecule has 0 aliphatic carbocycles. The maximum Gasteiger partial charge on any atom is 0.315 e. The number of aliphatic hydroxyl groups excluding tert-OH is 1. The molecule has 10 heteroatoms. The number of rotatable bonds is 8. The first-order chi connectivity index (χ1) is 13.6. The maximum absolute atomic E-state index is 7.25. The van der Waals surface area contributed by atoms with E-state index in [1.807, 2.05) is 20.6 Å². The molecule has 1 N–H and O–H groups in total. The second kappa shape index (κ2) is 10.9. The lowest BCUT2D eigenvalue weighted by molar-refractivity contribution is -0.332. The molecule has 2 rings (SSSR count). The summed E-state index contributed by atoms with van der Waals surface area (Å²) in [6, 6.07) is 0. The number of hydrogen-bond donors (Lipinski definition) is 1. The molecule has 2 aliphatic rings. The zero-order chi connectivity index (χ0) is 21.9. The first kappa shape index (κ1) is 23.4. The van der Waals surface area contributed by atoms with Crippen LogP contribution in [0.25, 0.3) is 0 Å². The Morgan fingerprint density at radius 1 is 0.857 bits per heavy atom. The highest BCUT2D eigenvalue weighted by atomic mass is 31.0. The third-order valence-corrected chi connectivity index (χ3v) is 6.61. The lowest BCUT2D eigenvalue weighted by atomic mass is 9.81. The van der Waals surface area contributed by atoms with E-state index in [9.17, 15) is 0 Å². The number of hydrogen-bond acceptors (Lipinski definition) is 6. The molecule has 28 heavy (non-hydrogen) atoms. The van der Waals surface area contributed by atoms with Crippen LogP contribution in [0.5, 0.6) is 0 Å². The zero-order valence-electron chi connectivity index (χ0n) is 19.2. The van der Waals surface area contributed by atoms with Gasteiger partial charge in [0, 0.05) is 17.8 Å². The fourth-order valence-electron chi connectivity index (χ4n) is 4.04. The standard InChI is InChI=1S/C18H38B2O6P2/c1-9-10(2)17(24-18(11(9)3)26-20(7)28)23-16-14(8-21)22-13(5)12(4)15(16)25-19(6)27/h9-18,21H,8,27-28H2,1-7H3/i21T. The summed E-state index contributed by atoms with van der Waals surface area (Å²) in [6.45, 7) is 14.7. The summed E-state index contributed by atoms with van der Waals surface area (Å²) in [5.74, 6) is 0.903. The summed E-state index contributed by atoms with van der Waals surface area (Å²) in [7, 11) is 5.33. The lowest BCUT2D eigenvalue weighted by Crippen LogP contribution is -2.59. The second-order valence-electron chi connectivity index (χ2n) is 8.60. The Labute approximate surface area is 177 Å². The van der Waals surface area contributed by atoms with Crippen molar-refractivity contribution in [2.75, 3.05) is 6.61 Å². The zero-order valence-corrected chi connectivity index (χ0v) is 20.5. The molecule has 0 bridgehead atoms. The van der Waals surface area contributed by atoms with Gasteiger partial charge in [0.2, 0.25) is 1.43 Å². The molecule has 2 saturated heterocycles. The van der Waals surface area contributed by atoms with Crippen LogP contribution in [0.2, 0.25) is 13.6 Å². The van der Waals surface area contributed by atoms with Gasteiger partial charge < -0.3 is 28.6 Å². The molecule has 0 spiro atoms. The van der Waals surface area contributed by atoms with Gasteiger partial charge >= 0.3 is 13.3 Å². The number of aliphatic hydroxyl groups is 1. The van der Waals surface area contributed by atoms with Gasteiger partial charge in [-0.25, -0.2) is 0 Å². The van der Waals surface area contributed by atoms with Crippen molar-refractivity contribution in [1.82, 2.24) is 0 Å². The average Bonchev–Trinajstić information content (AvgIpc) is 2.63. The van der Waals surface area contributed by atoms with Crippen LogP contribution in [0, 0.1) is 23.7 Å². The van der Waals surface area contributed by atoms with Crippen LogP contribution >= 0.6 is 18.2 Å². The van der Waals surface area contributed by atoms with Gasteiger partial charge in [-0.1, -0.05) is 41.3 Å². The van der Waals surface area contributed by atoms with Crippen LogP contribution < -0.4 is 0 Å². The topological polar surface area (TPSA) is 66.4 Å². The molecule has 162 valence electrons. The molecule has 0 aromatic rings. The predicted octanol–water partition coefficient (Wildman–Crippen LogP) is 2.77. The summed E-state index contributed by atoms with van der Waals surface area (Å²) in [4.78, 5) is 0. The van der Waals surface area contributed by atoms with Crippen LogP contribution in [0.3, 0.4) is 0 Å². The van der Waals surface area contributed by atoms with E-state index < -0.39 is 18.5 Å². The molecule has 12 unspecified atom stereocenters. The third-order valence-electron chi connectivity index (χ3n) is 6.30. The molecule has 6 nitrogen and oxygen atoms in total. The third kappa shape index (κ3) is 5.92. The molecule has 0 radical (unpaired) electrons. The molecule has 0 saturated carbocycles. The van der Waals surface area contributed by atoms with E-state index in [1.54, 1.807) is 0 Å². The first-order valence-corrected chi connectivity index (χ1v) is 11.8. The SMILES string of the molecule is [3H]OCC1OC(C)C(C)C(OB(C)P)C1OC1OC(OB(C)P)C(C)C(C)C1C. The van der Waals surface area contributed by atoms with E-state index in [2.05, 4.69) is 45.9 Å². The van der Waals surface area contributed by atoms with Crippen molar-refractivity contribution in [2.45, 2.75) is 85.3 Å². The van der Waals surface area contributed by atoms with Crippen molar-refractivity contribution in [2.24, 2.45) is 23.7 Å². The van der Waals surface area contributed by atoms with Gasteiger partial charge in [-0.15, -0.1) is 18.2 Å². The molecule has 2 fully saturated rings. The molecule has 2 heterocycles. The smallest absolute Gasteiger partial charge is 0.315 e. The van der Waals surface area contributed by atoms with Crippen molar-refractivity contribution < 1.29 is 28.6 Å². The molecular formula is C18H38B2O6P2. The Hall–Kier alpha value is 0.750. The lowest BCUT2D eigenvalue weighted by Gasteiger charge is -2.49. The summed E-state index contributed by atoms with van der Waals surface area (Å²) >= 11 is 0. The maximum atomic E-state index is 7.25.